The maximum atomic E-state index is 12.8. The van der Waals surface area contributed by atoms with E-state index in [4.69, 9.17) is 5.11 Å². The van der Waals surface area contributed by atoms with Crippen molar-refractivity contribution in [2.75, 3.05) is 0 Å². The third kappa shape index (κ3) is 2.29. The molecule has 0 bridgehead atoms. The van der Waals surface area contributed by atoms with Gasteiger partial charge in [-0.15, -0.1) is 0 Å². The summed E-state index contributed by atoms with van der Waals surface area (Å²) >= 11 is 0. The maximum Gasteiger partial charge on any atom is 0.243 e. The Morgan fingerprint density at radius 2 is 1.92 bits per heavy atom. The van der Waals surface area contributed by atoms with Crippen molar-refractivity contribution < 1.29 is 18.7 Å². The number of rotatable bonds is 0. The SMILES string of the molecule is CC(=O)N=C1C(F)=CC(O)C=C1F. The van der Waals surface area contributed by atoms with Crippen LogP contribution >= 0.6 is 0 Å². The molecule has 0 saturated carbocycles. The summed E-state index contributed by atoms with van der Waals surface area (Å²) in [6.45, 7) is 1.08. The molecule has 0 aromatic carbocycles. The lowest BCUT2D eigenvalue weighted by Gasteiger charge is -2.09. The van der Waals surface area contributed by atoms with Crippen LogP contribution in [0.25, 0.3) is 0 Å². The number of carbonyl (C=O) groups excluding carboxylic acids is 1. The molecule has 0 saturated heterocycles. The van der Waals surface area contributed by atoms with Gasteiger partial charge in [0, 0.05) is 6.92 Å². The highest BCUT2D eigenvalue weighted by atomic mass is 19.1. The number of aliphatic hydroxyl groups excluding tert-OH is 1. The molecule has 1 rings (SSSR count). The Kier molecular flexibility index (Phi) is 2.67. The summed E-state index contributed by atoms with van der Waals surface area (Å²) in [5.41, 5.74) is -0.655. The first-order valence-electron chi connectivity index (χ1n) is 3.53. The smallest absolute Gasteiger partial charge is 0.243 e. The van der Waals surface area contributed by atoms with E-state index < -0.39 is 29.4 Å². The van der Waals surface area contributed by atoms with Crippen LogP contribution in [0.15, 0.2) is 28.8 Å². The molecule has 0 spiro atoms. The lowest BCUT2D eigenvalue weighted by molar-refractivity contribution is -0.115. The molecule has 0 radical (unpaired) electrons. The Labute approximate surface area is 73.1 Å². The fourth-order valence-corrected chi connectivity index (χ4v) is 0.884. The second-order valence-electron chi connectivity index (χ2n) is 2.50. The van der Waals surface area contributed by atoms with Crippen molar-refractivity contribution in [3.05, 3.63) is 23.8 Å². The van der Waals surface area contributed by atoms with Crippen molar-refractivity contribution in [1.82, 2.24) is 0 Å². The van der Waals surface area contributed by atoms with E-state index in [0.29, 0.717) is 0 Å². The fourth-order valence-electron chi connectivity index (χ4n) is 0.884. The van der Waals surface area contributed by atoms with Gasteiger partial charge in [0.1, 0.15) is 5.71 Å². The Balaban J connectivity index is 3.05. The van der Waals surface area contributed by atoms with Gasteiger partial charge in [-0.3, -0.25) is 4.79 Å². The molecule has 1 amide bonds. The van der Waals surface area contributed by atoms with E-state index in [0.717, 1.165) is 19.1 Å². The first kappa shape index (κ1) is 9.73. The number of allylic oxidation sites excluding steroid dienone is 2. The highest BCUT2D eigenvalue weighted by Gasteiger charge is 2.20. The monoisotopic (exact) mass is 187 g/mol. The van der Waals surface area contributed by atoms with Crippen molar-refractivity contribution >= 4 is 11.6 Å². The Hall–Kier alpha value is -1.36. The van der Waals surface area contributed by atoms with Gasteiger partial charge in [-0.25, -0.2) is 13.8 Å². The number of amides is 1. The van der Waals surface area contributed by atoms with Gasteiger partial charge in [-0.1, -0.05) is 0 Å². The summed E-state index contributed by atoms with van der Waals surface area (Å²) in [6.07, 6.45) is 0.237. The molecule has 1 aliphatic carbocycles. The van der Waals surface area contributed by atoms with Gasteiger partial charge in [-0.05, 0) is 12.2 Å². The van der Waals surface area contributed by atoms with Crippen LogP contribution in [0.4, 0.5) is 8.78 Å². The van der Waals surface area contributed by atoms with E-state index in [2.05, 4.69) is 4.99 Å². The van der Waals surface area contributed by atoms with E-state index in [9.17, 15) is 13.6 Å². The summed E-state index contributed by atoms with van der Waals surface area (Å²) in [5, 5.41) is 8.83. The summed E-state index contributed by atoms with van der Waals surface area (Å²) in [6, 6.07) is 0. The zero-order valence-corrected chi connectivity index (χ0v) is 6.79. The second-order valence-corrected chi connectivity index (χ2v) is 2.50. The lowest BCUT2D eigenvalue weighted by Crippen LogP contribution is -2.14. The molecule has 0 atom stereocenters. The molecule has 1 aliphatic rings. The zero-order valence-electron chi connectivity index (χ0n) is 6.79. The molecule has 5 heteroatoms. The molecule has 0 heterocycles. The van der Waals surface area contributed by atoms with E-state index in [-0.39, 0.29) is 0 Å². The molecule has 0 aromatic heterocycles. The summed E-state index contributed by atoms with van der Waals surface area (Å²) in [4.78, 5) is 13.6. The number of hydrogen-bond donors (Lipinski definition) is 1. The molecule has 1 N–H and O–H groups in total. The van der Waals surface area contributed by atoms with Gasteiger partial charge in [0.2, 0.25) is 5.91 Å². The van der Waals surface area contributed by atoms with Crippen LogP contribution < -0.4 is 0 Å². The third-order valence-corrected chi connectivity index (χ3v) is 1.36. The Morgan fingerprint density at radius 3 is 2.31 bits per heavy atom. The third-order valence-electron chi connectivity index (χ3n) is 1.36. The lowest BCUT2D eigenvalue weighted by atomic mass is 10.1. The van der Waals surface area contributed by atoms with Crippen LogP contribution in [0, 0.1) is 0 Å². The molecule has 0 aliphatic heterocycles. The number of aliphatic hydroxyl groups is 1. The van der Waals surface area contributed by atoms with Crippen LogP contribution in [0.1, 0.15) is 6.92 Å². The van der Waals surface area contributed by atoms with Crippen LogP contribution in [0.2, 0.25) is 0 Å². The first-order chi connectivity index (χ1) is 6.00. The normalized spacial score (nSPS) is 22.2. The molecule has 0 unspecified atom stereocenters. The number of hydrogen-bond acceptors (Lipinski definition) is 2. The molecular weight excluding hydrogens is 180 g/mol. The van der Waals surface area contributed by atoms with Crippen molar-refractivity contribution in [2.24, 2.45) is 4.99 Å². The van der Waals surface area contributed by atoms with Crippen molar-refractivity contribution in [3.63, 3.8) is 0 Å². The topological polar surface area (TPSA) is 49.7 Å². The van der Waals surface area contributed by atoms with Gasteiger partial charge in [0.15, 0.2) is 11.7 Å². The number of halogens is 2. The highest BCUT2D eigenvalue weighted by molar-refractivity contribution is 6.14. The largest absolute Gasteiger partial charge is 0.385 e. The average Bonchev–Trinajstić information content (AvgIpc) is 1.96. The maximum absolute atomic E-state index is 12.8. The van der Waals surface area contributed by atoms with E-state index >= 15 is 0 Å². The Morgan fingerprint density at radius 1 is 1.46 bits per heavy atom. The highest BCUT2D eigenvalue weighted by Crippen LogP contribution is 2.18. The van der Waals surface area contributed by atoms with Crippen LogP contribution in [0.5, 0.6) is 0 Å². The van der Waals surface area contributed by atoms with Crippen molar-refractivity contribution in [1.29, 1.82) is 0 Å². The van der Waals surface area contributed by atoms with Crippen molar-refractivity contribution in [3.8, 4) is 0 Å². The number of aliphatic imine (C=N–C) groups is 1. The van der Waals surface area contributed by atoms with Crippen LogP contribution in [0.3, 0.4) is 0 Å². The van der Waals surface area contributed by atoms with Gasteiger partial charge in [0.25, 0.3) is 0 Å². The van der Waals surface area contributed by atoms with E-state index in [1.165, 1.54) is 0 Å². The molecular formula is C8H7F2NO2. The fraction of sp³-hybridized carbons (Fsp3) is 0.250. The minimum Gasteiger partial charge on any atom is -0.385 e. The zero-order chi connectivity index (χ0) is 10.0. The van der Waals surface area contributed by atoms with Crippen LogP contribution in [-0.2, 0) is 4.79 Å². The first-order valence-corrected chi connectivity index (χ1v) is 3.53. The minimum atomic E-state index is -1.30. The molecule has 0 fully saturated rings. The quantitative estimate of drug-likeness (QED) is 0.616. The Bertz CT molecular complexity index is 309. The van der Waals surface area contributed by atoms with Gasteiger partial charge < -0.3 is 5.11 Å². The van der Waals surface area contributed by atoms with Crippen LogP contribution in [-0.4, -0.2) is 22.8 Å². The number of carbonyl (C=O) groups is 1. The molecule has 13 heavy (non-hydrogen) atoms. The predicted molar refractivity (Wildman–Crippen MR) is 42.5 cm³/mol. The summed E-state index contributed by atoms with van der Waals surface area (Å²) in [7, 11) is 0. The summed E-state index contributed by atoms with van der Waals surface area (Å²) < 4.78 is 25.7. The predicted octanol–water partition coefficient (Wildman–Crippen LogP) is 1.06. The number of nitrogens with zero attached hydrogens (tertiary/aromatic N) is 1. The summed E-state index contributed by atoms with van der Waals surface area (Å²) in [5.74, 6) is -2.75. The van der Waals surface area contributed by atoms with Gasteiger partial charge in [-0.2, -0.15) is 0 Å². The molecule has 3 nitrogen and oxygen atoms in total. The van der Waals surface area contributed by atoms with Crippen molar-refractivity contribution in [2.45, 2.75) is 13.0 Å². The van der Waals surface area contributed by atoms with Gasteiger partial charge >= 0.3 is 0 Å². The van der Waals surface area contributed by atoms with E-state index in [1.807, 2.05) is 0 Å². The minimum absolute atomic E-state index is 0.655. The second kappa shape index (κ2) is 3.57. The average molecular weight is 187 g/mol. The van der Waals surface area contributed by atoms with Gasteiger partial charge in [0.05, 0.1) is 6.10 Å². The standard InChI is InChI=1S/C8H7F2NO2/c1-4(12)11-8-6(9)2-5(13)3-7(8)10/h2-3,5,13H,1H3. The molecule has 0 aromatic rings. The molecule has 70 valence electrons. The van der Waals surface area contributed by atoms with E-state index in [1.54, 1.807) is 0 Å².